The molecule has 0 radical (unpaired) electrons. The molecule has 0 aliphatic carbocycles. The van der Waals surface area contributed by atoms with Gasteiger partial charge < -0.3 is 4.42 Å². The molecule has 0 aliphatic heterocycles. The third-order valence-electron chi connectivity index (χ3n) is 0.921. The van der Waals surface area contributed by atoms with Crippen LogP contribution in [0.25, 0.3) is 0 Å². The topological polar surface area (TPSA) is 36.9 Å². The van der Waals surface area contributed by atoms with Gasteiger partial charge in [-0.3, -0.25) is 0 Å². The summed E-state index contributed by atoms with van der Waals surface area (Å²) in [5.41, 5.74) is 0.815. The molecule has 1 rings (SSSR count). The van der Waals surface area contributed by atoms with E-state index in [1.807, 2.05) is 6.07 Å². The van der Waals surface area contributed by atoms with Crippen molar-refractivity contribution in [3.05, 3.63) is 24.2 Å². The number of hydrogen-bond donors (Lipinski definition) is 0. The summed E-state index contributed by atoms with van der Waals surface area (Å²) in [5, 5.41) is 8.12. The van der Waals surface area contributed by atoms with Crippen molar-refractivity contribution < 1.29 is 4.42 Å². The molecule has 1 heterocycles. The van der Waals surface area contributed by atoms with Crippen LogP contribution in [0.2, 0.25) is 0 Å². The zero-order valence-electron chi connectivity index (χ0n) is 5.29. The van der Waals surface area contributed by atoms with E-state index >= 15 is 0 Å². The molecule has 0 fully saturated rings. The van der Waals surface area contributed by atoms with E-state index in [1.165, 1.54) is 0 Å². The van der Waals surface area contributed by atoms with Gasteiger partial charge in [0.2, 0.25) is 0 Å². The molecule has 0 aliphatic rings. The van der Waals surface area contributed by atoms with E-state index in [0.717, 1.165) is 5.56 Å². The van der Waals surface area contributed by atoms with Crippen LogP contribution in [0.3, 0.4) is 0 Å². The molecule has 0 atom stereocenters. The van der Waals surface area contributed by atoms with Crippen LogP contribution in [0, 0.1) is 23.2 Å². The lowest BCUT2D eigenvalue weighted by Gasteiger charge is -1.70. The molecule has 48 valence electrons. The number of nitrogens with zero attached hydrogens (tertiary/aromatic N) is 1. The van der Waals surface area contributed by atoms with Crippen molar-refractivity contribution in [2.45, 2.75) is 6.42 Å². The van der Waals surface area contributed by atoms with Crippen molar-refractivity contribution in [2.75, 3.05) is 0 Å². The van der Waals surface area contributed by atoms with Crippen molar-refractivity contribution in [3.8, 4) is 17.9 Å². The highest BCUT2D eigenvalue weighted by Gasteiger charge is 1.83. The summed E-state index contributed by atoms with van der Waals surface area (Å²) >= 11 is 0. The largest absolute Gasteiger partial charge is 0.471 e. The SMILES string of the molecule is N#CCC#Cc1ccoc1. The maximum Gasteiger partial charge on any atom is 0.106 e. The molecule has 0 N–H and O–H groups in total. The van der Waals surface area contributed by atoms with Gasteiger partial charge in [0.15, 0.2) is 0 Å². The number of nitriles is 1. The minimum atomic E-state index is 0.269. The molecular formula is C8H5NO. The zero-order chi connectivity index (χ0) is 7.23. The molecule has 1 aromatic rings. The Labute approximate surface area is 59.1 Å². The van der Waals surface area contributed by atoms with E-state index in [9.17, 15) is 0 Å². The standard InChI is InChI=1S/C8H5NO/c9-5-2-1-3-8-4-6-10-7-8/h4,6-7H,2H2. The van der Waals surface area contributed by atoms with Crippen LogP contribution in [0.4, 0.5) is 0 Å². The number of furan rings is 1. The van der Waals surface area contributed by atoms with Crippen LogP contribution in [-0.4, -0.2) is 0 Å². The molecule has 2 heteroatoms. The Morgan fingerprint density at radius 2 is 2.50 bits per heavy atom. The summed E-state index contributed by atoms with van der Waals surface area (Å²) < 4.78 is 4.76. The molecule has 10 heavy (non-hydrogen) atoms. The van der Waals surface area contributed by atoms with Crippen molar-refractivity contribution in [3.63, 3.8) is 0 Å². The van der Waals surface area contributed by atoms with Crippen LogP contribution in [-0.2, 0) is 0 Å². The summed E-state index contributed by atoms with van der Waals surface area (Å²) in [6.45, 7) is 0. The summed E-state index contributed by atoms with van der Waals surface area (Å²) in [5.74, 6) is 5.43. The average molecular weight is 131 g/mol. The fourth-order valence-electron chi connectivity index (χ4n) is 0.521. The van der Waals surface area contributed by atoms with Crippen molar-refractivity contribution >= 4 is 0 Å². The quantitative estimate of drug-likeness (QED) is 0.501. The molecule has 0 aromatic carbocycles. The Morgan fingerprint density at radius 1 is 1.60 bits per heavy atom. The summed E-state index contributed by atoms with van der Waals surface area (Å²) in [7, 11) is 0. The van der Waals surface area contributed by atoms with Crippen molar-refractivity contribution in [2.24, 2.45) is 0 Å². The molecule has 2 nitrogen and oxygen atoms in total. The predicted molar refractivity (Wildman–Crippen MR) is 35.8 cm³/mol. The zero-order valence-corrected chi connectivity index (χ0v) is 5.29. The van der Waals surface area contributed by atoms with E-state index in [4.69, 9.17) is 9.68 Å². The second-order valence-electron chi connectivity index (χ2n) is 1.65. The van der Waals surface area contributed by atoms with Gasteiger partial charge in [0.25, 0.3) is 0 Å². The third kappa shape index (κ3) is 1.69. The highest BCUT2D eigenvalue weighted by atomic mass is 16.3. The summed E-state index contributed by atoms with van der Waals surface area (Å²) in [4.78, 5) is 0. The predicted octanol–water partition coefficient (Wildman–Crippen LogP) is 1.54. The minimum Gasteiger partial charge on any atom is -0.471 e. The maximum atomic E-state index is 8.12. The molecule has 0 spiro atoms. The second kappa shape index (κ2) is 3.37. The normalized spacial score (nSPS) is 7.50. The van der Waals surface area contributed by atoms with Gasteiger partial charge in [-0.2, -0.15) is 5.26 Å². The van der Waals surface area contributed by atoms with Crippen LogP contribution >= 0.6 is 0 Å². The van der Waals surface area contributed by atoms with Gasteiger partial charge in [-0.15, -0.1) is 0 Å². The lowest BCUT2D eigenvalue weighted by molar-refractivity contribution is 0.566. The van der Waals surface area contributed by atoms with Crippen LogP contribution in [0.15, 0.2) is 23.0 Å². The van der Waals surface area contributed by atoms with E-state index < -0.39 is 0 Å². The smallest absolute Gasteiger partial charge is 0.106 e. The Bertz CT molecular complexity index is 281. The van der Waals surface area contributed by atoms with E-state index in [2.05, 4.69) is 11.8 Å². The van der Waals surface area contributed by atoms with Crippen LogP contribution in [0.5, 0.6) is 0 Å². The van der Waals surface area contributed by atoms with Crippen LogP contribution < -0.4 is 0 Å². The van der Waals surface area contributed by atoms with Gasteiger partial charge in [0, 0.05) is 0 Å². The molecule has 0 amide bonds. The van der Waals surface area contributed by atoms with Gasteiger partial charge in [0.1, 0.15) is 6.26 Å². The second-order valence-corrected chi connectivity index (χ2v) is 1.65. The summed E-state index contributed by atoms with van der Waals surface area (Å²) in [6.07, 6.45) is 3.37. The van der Waals surface area contributed by atoms with Gasteiger partial charge >= 0.3 is 0 Å². The monoisotopic (exact) mass is 131 g/mol. The Morgan fingerprint density at radius 3 is 3.10 bits per heavy atom. The first-order chi connectivity index (χ1) is 4.93. The molecular weight excluding hydrogens is 126 g/mol. The number of hydrogen-bond acceptors (Lipinski definition) is 2. The highest BCUT2D eigenvalue weighted by molar-refractivity contribution is 5.30. The first kappa shape index (κ1) is 6.45. The van der Waals surface area contributed by atoms with Crippen molar-refractivity contribution in [1.29, 1.82) is 5.26 Å². The van der Waals surface area contributed by atoms with Crippen LogP contribution in [0.1, 0.15) is 12.0 Å². The van der Waals surface area contributed by atoms with E-state index in [0.29, 0.717) is 0 Å². The highest BCUT2D eigenvalue weighted by Crippen LogP contribution is 1.95. The average Bonchev–Trinajstić information content (AvgIpc) is 2.41. The Balaban J connectivity index is 2.59. The van der Waals surface area contributed by atoms with Gasteiger partial charge in [-0.1, -0.05) is 11.8 Å². The molecule has 1 aromatic heterocycles. The first-order valence-corrected chi connectivity index (χ1v) is 2.81. The van der Waals surface area contributed by atoms with Gasteiger partial charge in [-0.05, 0) is 6.07 Å². The lowest BCUT2D eigenvalue weighted by atomic mass is 10.3. The fraction of sp³-hybridized carbons (Fsp3) is 0.125. The number of rotatable bonds is 0. The summed E-state index contributed by atoms with van der Waals surface area (Å²) in [6, 6.07) is 3.68. The molecule has 0 saturated carbocycles. The Hall–Kier alpha value is -1.67. The van der Waals surface area contributed by atoms with E-state index in [1.54, 1.807) is 18.6 Å². The fourth-order valence-corrected chi connectivity index (χ4v) is 0.521. The molecule has 0 saturated heterocycles. The van der Waals surface area contributed by atoms with Crippen molar-refractivity contribution in [1.82, 2.24) is 0 Å². The Kier molecular flexibility index (Phi) is 2.18. The molecule has 0 bridgehead atoms. The molecule has 0 unspecified atom stereocenters. The van der Waals surface area contributed by atoms with Gasteiger partial charge in [-0.25, -0.2) is 0 Å². The lowest BCUT2D eigenvalue weighted by Crippen LogP contribution is -1.62. The third-order valence-corrected chi connectivity index (χ3v) is 0.921. The van der Waals surface area contributed by atoms with Gasteiger partial charge in [0.05, 0.1) is 24.3 Å². The van der Waals surface area contributed by atoms with E-state index in [-0.39, 0.29) is 6.42 Å². The first-order valence-electron chi connectivity index (χ1n) is 2.81. The maximum absolute atomic E-state index is 8.12. The minimum absolute atomic E-state index is 0.269.